The molecule has 2 rings (SSSR count). The summed E-state index contributed by atoms with van der Waals surface area (Å²) in [6.07, 6.45) is 1.12. The highest BCUT2D eigenvalue weighted by atomic mass is 16.5. The maximum Gasteiger partial charge on any atom is 0.307 e. The smallest absolute Gasteiger partial charge is 0.307 e. The van der Waals surface area contributed by atoms with Gasteiger partial charge in [0, 0.05) is 18.2 Å². The third kappa shape index (κ3) is 2.17. The number of carbonyl (C=O) groups is 1. The average molecular weight is 221 g/mol. The van der Waals surface area contributed by atoms with Crippen LogP contribution >= 0.6 is 0 Å². The molecule has 4 nitrogen and oxygen atoms in total. The first-order valence-corrected chi connectivity index (χ1v) is 5.30. The predicted molar refractivity (Wildman–Crippen MR) is 59.1 cm³/mol. The molecule has 1 aliphatic rings. The van der Waals surface area contributed by atoms with Crippen molar-refractivity contribution in [2.45, 2.75) is 25.4 Å². The second kappa shape index (κ2) is 4.53. The van der Waals surface area contributed by atoms with E-state index >= 15 is 0 Å². The van der Waals surface area contributed by atoms with Gasteiger partial charge in [0.1, 0.15) is 5.75 Å². The Bertz CT molecular complexity index is 403. The van der Waals surface area contributed by atoms with Crippen LogP contribution in [0.1, 0.15) is 17.5 Å². The van der Waals surface area contributed by atoms with Gasteiger partial charge in [0.05, 0.1) is 13.5 Å². The monoisotopic (exact) mass is 221 g/mol. The third-order valence-corrected chi connectivity index (χ3v) is 2.92. The zero-order valence-corrected chi connectivity index (χ0v) is 9.19. The van der Waals surface area contributed by atoms with Gasteiger partial charge in [0.2, 0.25) is 0 Å². The number of nitrogens with one attached hydrogen (secondary N) is 1. The van der Waals surface area contributed by atoms with Crippen LogP contribution in [0.25, 0.3) is 0 Å². The molecule has 0 bridgehead atoms. The molecule has 0 saturated heterocycles. The minimum absolute atomic E-state index is 0.0988. The topological polar surface area (TPSA) is 58.6 Å². The van der Waals surface area contributed by atoms with E-state index in [1.54, 1.807) is 6.07 Å². The van der Waals surface area contributed by atoms with Crippen molar-refractivity contribution in [3.05, 3.63) is 29.3 Å². The van der Waals surface area contributed by atoms with Gasteiger partial charge in [-0.05, 0) is 18.1 Å². The van der Waals surface area contributed by atoms with Crippen LogP contribution in [-0.2, 0) is 22.5 Å². The van der Waals surface area contributed by atoms with Crippen LogP contribution in [-0.4, -0.2) is 24.2 Å². The Hall–Kier alpha value is -1.55. The van der Waals surface area contributed by atoms with Crippen LogP contribution in [0.15, 0.2) is 18.2 Å². The molecule has 0 fully saturated rings. The molecule has 16 heavy (non-hydrogen) atoms. The van der Waals surface area contributed by atoms with Gasteiger partial charge >= 0.3 is 5.97 Å². The lowest BCUT2D eigenvalue weighted by atomic mass is 9.93. The van der Waals surface area contributed by atoms with E-state index in [2.05, 4.69) is 10.1 Å². The fourth-order valence-corrected chi connectivity index (χ4v) is 2.03. The highest BCUT2D eigenvalue weighted by Crippen LogP contribution is 2.25. The van der Waals surface area contributed by atoms with Crippen molar-refractivity contribution in [2.75, 3.05) is 7.11 Å². The van der Waals surface area contributed by atoms with Crippen LogP contribution < -0.4 is 5.32 Å². The van der Waals surface area contributed by atoms with Gasteiger partial charge in [0.25, 0.3) is 0 Å². The SMILES string of the molecule is COC(=O)CC1Cc2cccc(O)c2CN1. The van der Waals surface area contributed by atoms with Crippen LogP contribution in [0.5, 0.6) is 5.75 Å². The first-order chi connectivity index (χ1) is 7.70. The van der Waals surface area contributed by atoms with Gasteiger partial charge in [-0.25, -0.2) is 0 Å². The summed E-state index contributed by atoms with van der Waals surface area (Å²) in [6, 6.07) is 5.59. The molecule has 1 unspecified atom stereocenters. The van der Waals surface area contributed by atoms with Crippen LogP contribution in [0.3, 0.4) is 0 Å². The van der Waals surface area contributed by atoms with E-state index in [-0.39, 0.29) is 12.0 Å². The van der Waals surface area contributed by atoms with E-state index in [1.807, 2.05) is 12.1 Å². The van der Waals surface area contributed by atoms with Crippen LogP contribution in [0, 0.1) is 0 Å². The molecule has 2 N–H and O–H groups in total. The van der Waals surface area contributed by atoms with E-state index in [0.29, 0.717) is 18.7 Å². The Morgan fingerprint density at radius 2 is 2.44 bits per heavy atom. The number of hydrogen-bond acceptors (Lipinski definition) is 4. The minimum Gasteiger partial charge on any atom is -0.508 e. The summed E-state index contributed by atoms with van der Waals surface area (Å²) in [5, 5.41) is 12.9. The molecular weight excluding hydrogens is 206 g/mol. The van der Waals surface area contributed by atoms with Crippen molar-refractivity contribution in [2.24, 2.45) is 0 Å². The van der Waals surface area contributed by atoms with E-state index in [1.165, 1.54) is 7.11 Å². The number of phenolic OH excluding ortho intramolecular Hbond substituents is 1. The van der Waals surface area contributed by atoms with Crippen molar-refractivity contribution < 1.29 is 14.6 Å². The molecule has 1 heterocycles. The Balaban J connectivity index is 2.09. The normalized spacial score (nSPS) is 18.9. The third-order valence-electron chi connectivity index (χ3n) is 2.92. The van der Waals surface area contributed by atoms with Gasteiger partial charge < -0.3 is 15.2 Å². The number of fused-ring (bicyclic) bond motifs is 1. The molecular formula is C12H15NO3. The van der Waals surface area contributed by atoms with Crippen molar-refractivity contribution in [3.8, 4) is 5.75 Å². The molecule has 4 heteroatoms. The second-order valence-electron chi connectivity index (χ2n) is 3.98. The van der Waals surface area contributed by atoms with Gasteiger partial charge in [-0.1, -0.05) is 12.1 Å². The zero-order chi connectivity index (χ0) is 11.5. The summed E-state index contributed by atoms with van der Waals surface area (Å²) in [5.74, 6) is 0.114. The maximum atomic E-state index is 11.1. The number of rotatable bonds is 2. The summed E-state index contributed by atoms with van der Waals surface area (Å²) in [7, 11) is 1.39. The van der Waals surface area contributed by atoms with Gasteiger partial charge in [-0.3, -0.25) is 4.79 Å². The highest BCUT2D eigenvalue weighted by molar-refractivity contribution is 5.70. The summed E-state index contributed by atoms with van der Waals surface area (Å²) in [5.41, 5.74) is 2.04. The fraction of sp³-hybridized carbons (Fsp3) is 0.417. The molecule has 0 aromatic heterocycles. The Morgan fingerprint density at radius 1 is 1.62 bits per heavy atom. The molecule has 1 aliphatic heterocycles. The number of aromatic hydroxyl groups is 1. The lowest BCUT2D eigenvalue weighted by molar-refractivity contribution is -0.141. The maximum absolute atomic E-state index is 11.1. The number of esters is 1. The van der Waals surface area contributed by atoms with Crippen LogP contribution in [0.2, 0.25) is 0 Å². The van der Waals surface area contributed by atoms with Crippen molar-refractivity contribution in [1.82, 2.24) is 5.32 Å². The van der Waals surface area contributed by atoms with Crippen molar-refractivity contribution in [3.63, 3.8) is 0 Å². The van der Waals surface area contributed by atoms with Crippen LogP contribution in [0.4, 0.5) is 0 Å². The Kier molecular flexibility index (Phi) is 3.10. The van der Waals surface area contributed by atoms with Crippen molar-refractivity contribution in [1.29, 1.82) is 0 Å². The summed E-state index contributed by atoms with van der Waals surface area (Å²) in [6.45, 7) is 0.601. The van der Waals surface area contributed by atoms with E-state index < -0.39 is 0 Å². The summed E-state index contributed by atoms with van der Waals surface area (Å²) in [4.78, 5) is 11.1. The molecule has 0 radical (unpaired) electrons. The summed E-state index contributed by atoms with van der Waals surface area (Å²) >= 11 is 0. The van der Waals surface area contributed by atoms with Crippen molar-refractivity contribution >= 4 is 5.97 Å². The standard InChI is InChI=1S/C12H15NO3/c1-16-12(15)6-9-5-8-3-2-4-11(14)10(8)7-13-9/h2-4,9,13-14H,5-7H2,1H3. The molecule has 0 amide bonds. The minimum atomic E-state index is -0.207. The Labute approximate surface area is 94.2 Å². The molecule has 1 aromatic rings. The summed E-state index contributed by atoms with van der Waals surface area (Å²) < 4.78 is 4.64. The zero-order valence-electron chi connectivity index (χ0n) is 9.19. The second-order valence-corrected chi connectivity index (χ2v) is 3.98. The lowest BCUT2D eigenvalue weighted by Crippen LogP contribution is -2.37. The van der Waals surface area contributed by atoms with E-state index in [4.69, 9.17) is 0 Å². The molecule has 86 valence electrons. The van der Waals surface area contributed by atoms with E-state index in [9.17, 15) is 9.90 Å². The highest BCUT2D eigenvalue weighted by Gasteiger charge is 2.22. The predicted octanol–water partition coefficient (Wildman–Crippen LogP) is 0.970. The Morgan fingerprint density at radius 3 is 3.19 bits per heavy atom. The molecule has 0 aliphatic carbocycles. The number of hydrogen-bond donors (Lipinski definition) is 2. The number of carbonyl (C=O) groups excluding carboxylic acids is 1. The first-order valence-electron chi connectivity index (χ1n) is 5.30. The number of benzene rings is 1. The number of phenols is 1. The molecule has 1 atom stereocenters. The average Bonchev–Trinajstić information content (AvgIpc) is 2.29. The van der Waals surface area contributed by atoms with Gasteiger partial charge in [0.15, 0.2) is 0 Å². The van der Waals surface area contributed by atoms with Gasteiger partial charge in [-0.15, -0.1) is 0 Å². The fourth-order valence-electron chi connectivity index (χ4n) is 2.03. The largest absolute Gasteiger partial charge is 0.508 e. The quantitative estimate of drug-likeness (QED) is 0.731. The molecule has 1 aromatic carbocycles. The first kappa shape index (κ1) is 11.0. The number of methoxy groups -OCH3 is 1. The number of ether oxygens (including phenoxy) is 1. The molecule has 0 saturated carbocycles. The van der Waals surface area contributed by atoms with E-state index in [0.717, 1.165) is 17.5 Å². The van der Waals surface area contributed by atoms with Gasteiger partial charge in [-0.2, -0.15) is 0 Å². The molecule has 0 spiro atoms. The lowest BCUT2D eigenvalue weighted by Gasteiger charge is -2.25.